The van der Waals surface area contributed by atoms with E-state index in [4.69, 9.17) is 14.1 Å². The fourth-order valence-corrected chi connectivity index (χ4v) is 4.70. The van der Waals surface area contributed by atoms with E-state index in [1.54, 1.807) is 6.20 Å². The molecule has 0 amide bonds. The van der Waals surface area contributed by atoms with Gasteiger partial charge in [-0.15, -0.1) is 0 Å². The van der Waals surface area contributed by atoms with Gasteiger partial charge in [0.2, 0.25) is 5.89 Å². The fraction of sp³-hybridized carbons (Fsp3) is 0.480. The van der Waals surface area contributed by atoms with Gasteiger partial charge in [-0.25, -0.2) is 14.8 Å². The molecule has 8 nitrogen and oxygen atoms in total. The predicted molar refractivity (Wildman–Crippen MR) is 129 cm³/mol. The van der Waals surface area contributed by atoms with Crippen LogP contribution in [0, 0.1) is 0 Å². The molecule has 5 rings (SSSR count). The van der Waals surface area contributed by atoms with Gasteiger partial charge in [-0.1, -0.05) is 19.1 Å². The zero-order chi connectivity index (χ0) is 22.6. The second-order valence-electron chi connectivity index (χ2n) is 8.63. The second kappa shape index (κ2) is 9.99. The van der Waals surface area contributed by atoms with Crippen LogP contribution < -0.4 is 10.5 Å². The van der Waals surface area contributed by atoms with Crippen LogP contribution in [-0.4, -0.2) is 85.3 Å². The molecule has 0 radical (unpaired) electrons. The summed E-state index contributed by atoms with van der Waals surface area (Å²) in [6, 6.07) is 9.57. The van der Waals surface area contributed by atoms with Gasteiger partial charge in [-0.3, -0.25) is 9.80 Å². The van der Waals surface area contributed by atoms with Crippen LogP contribution in [0.25, 0.3) is 22.4 Å². The van der Waals surface area contributed by atoms with Crippen molar-refractivity contribution in [1.82, 2.24) is 19.8 Å². The van der Waals surface area contributed by atoms with Crippen molar-refractivity contribution >= 4 is 16.7 Å². The van der Waals surface area contributed by atoms with Crippen molar-refractivity contribution in [2.24, 2.45) is 0 Å². The number of fused-ring (bicyclic) bond motifs is 1. The molecule has 2 aliphatic rings. The average Bonchev–Trinajstić information content (AvgIpc) is 2.88. The maximum absolute atomic E-state index is 12.8. The minimum Gasteiger partial charge on any atom is -0.403 e. The lowest BCUT2D eigenvalue weighted by molar-refractivity contribution is 0.0331. The molecule has 33 heavy (non-hydrogen) atoms. The molecule has 174 valence electrons. The van der Waals surface area contributed by atoms with Crippen LogP contribution in [0.2, 0.25) is 0 Å². The lowest BCUT2D eigenvalue weighted by atomic mass is 10.1. The van der Waals surface area contributed by atoms with Crippen LogP contribution in [-0.2, 0) is 11.2 Å². The predicted octanol–water partition coefficient (Wildman–Crippen LogP) is 2.27. The summed E-state index contributed by atoms with van der Waals surface area (Å²) in [6.07, 6.45) is 2.55. The molecular weight excluding hydrogens is 418 g/mol. The summed E-state index contributed by atoms with van der Waals surface area (Å²) in [4.78, 5) is 29.4. The average molecular weight is 450 g/mol. The molecule has 1 aromatic carbocycles. The SMILES string of the molecule is CCc1cccc2nc(-c3cccnc3N3CCN(CCN4CCOCC4)CC3)oc(=O)c12. The first-order valence-electron chi connectivity index (χ1n) is 11.9. The Morgan fingerprint density at radius 1 is 0.939 bits per heavy atom. The van der Waals surface area contributed by atoms with Crippen LogP contribution in [0.15, 0.2) is 45.7 Å². The molecule has 3 aromatic rings. The Kier molecular flexibility index (Phi) is 6.66. The number of piperazine rings is 1. The summed E-state index contributed by atoms with van der Waals surface area (Å²) in [5.74, 6) is 1.16. The summed E-state index contributed by atoms with van der Waals surface area (Å²) in [5, 5.41) is 0.572. The Labute approximate surface area is 193 Å². The number of hydrogen-bond acceptors (Lipinski definition) is 8. The molecule has 2 aromatic heterocycles. The number of pyridine rings is 1. The molecule has 0 unspecified atom stereocenters. The molecule has 8 heteroatoms. The molecular formula is C25H31N5O3. The number of morpholine rings is 1. The van der Waals surface area contributed by atoms with Gasteiger partial charge in [0.25, 0.3) is 0 Å². The standard InChI is InChI=1S/C25H31N5O3/c1-2-19-5-3-7-21-22(19)25(31)33-24(27-21)20-6-4-8-26-23(20)30-13-11-28(12-14-30)9-10-29-15-17-32-18-16-29/h3-8H,2,9-18H2,1H3. The molecule has 0 bridgehead atoms. The number of aromatic nitrogens is 2. The molecule has 0 N–H and O–H groups in total. The van der Waals surface area contributed by atoms with E-state index in [2.05, 4.69) is 19.7 Å². The smallest absolute Gasteiger partial charge is 0.347 e. The minimum atomic E-state index is -0.338. The second-order valence-corrected chi connectivity index (χ2v) is 8.63. The monoisotopic (exact) mass is 449 g/mol. The Balaban J connectivity index is 1.32. The molecule has 2 fully saturated rings. The highest BCUT2D eigenvalue weighted by molar-refractivity contribution is 5.83. The number of hydrogen-bond donors (Lipinski definition) is 0. The molecule has 0 atom stereocenters. The molecule has 0 aliphatic carbocycles. The van der Waals surface area contributed by atoms with Gasteiger partial charge in [0.1, 0.15) is 5.82 Å². The van der Waals surface area contributed by atoms with Gasteiger partial charge in [0.05, 0.1) is 29.7 Å². The third kappa shape index (κ3) is 4.78. The topological polar surface area (TPSA) is 74.9 Å². The van der Waals surface area contributed by atoms with Crippen molar-refractivity contribution in [3.63, 3.8) is 0 Å². The van der Waals surface area contributed by atoms with Crippen LogP contribution in [0.4, 0.5) is 5.82 Å². The molecule has 2 saturated heterocycles. The largest absolute Gasteiger partial charge is 0.403 e. The summed E-state index contributed by atoms with van der Waals surface area (Å²) in [6.45, 7) is 11.7. The van der Waals surface area contributed by atoms with Gasteiger partial charge in [-0.2, -0.15) is 0 Å². The third-order valence-electron chi connectivity index (χ3n) is 6.65. The highest BCUT2D eigenvalue weighted by Crippen LogP contribution is 2.29. The zero-order valence-corrected chi connectivity index (χ0v) is 19.2. The maximum Gasteiger partial charge on any atom is 0.347 e. The highest BCUT2D eigenvalue weighted by Gasteiger charge is 2.23. The first kappa shape index (κ1) is 22.0. The van der Waals surface area contributed by atoms with Crippen molar-refractivity contribution in [1.29, 1.82) is 0 Å². The van der Waals surface area contributed by atoms with E-state index < -0.39 is 0 Å². The summed E-state index contributed by atoms with van der Waals surface area (Å²) in [5.41, 5.74) is 2.05. The van der Waals surface area contributed by atoms with Gasteiger partial charge in [0, 0.05) is 58.6 Å². The van der Waals surface area contributed by atoms with Crippen molar-refractivity contribution < 1.29 is 9.15 Å². The van der Waals surface area contributed by atoms with E-state index in [1.807, 2.05) is 37.3 Å². The Morgan fingerprint density at radius 2 is 1.70 bits per heavy atom. The summed E-state index contributed by atoms with van der Waals surface area (Å²) in [7, 11) is 0. The number of ether oxygens (including phenoxy) is 1. The van der Waals surface area contributed by atoms with E-state index >= 15 is 0 Å². The van der Waals surface area contributed by atoms with E-state index in [9.17, 15) is 4.79 Å². The number of benzene rings is 1. The molecule has 0 saturated carbocycles. The van der Waals surface area contributed by atoms with E-state index in [0.717, 1.165) is 88.9 Å². The molecule has 2 aliphatic heterocycles. The number of nitrogens with zero attached hydrogens (tertiary/aromatic N) is 5. The molecule has 4 heterocycles. The van der Waals surface area contributed by atoms with E-state index in [1.165, 1.54) is 0 Å². The molecule has 0 spiro atoms. The zero-order valence-electron chi connectivity index (χ0n) is 19.2. The van der Waals surface area contributed by atoms with Gasteiger partial charge < -0.3 is 14.1 Å². The maximum atomic E-state index is 12.8. The number of anilines is 1. The Hall–Kier alpha value is -2.81. The van der Waals surface area contributed by atoms with E-state index in [-0.39, 0.29) is 5.63 Å². The third-order valence-corrected chi connectivity index (χ3v) is 6.65. The quantitative estimate of drug-likeness (QED) is 0.567. The van der Waals surface area contributed by atoms with Gasteiger partial charge >= 0.3 is 5.63 Å². The Bertz CT molecular complexity index is 1150. The fourth-order valence-electron chi connectivity index (χ4n) is 4.70. The lowest BCUT2D eigenvalue weighted by Crippen LogP contribution is -2.49. The van der Waals surface area contributed by atoms with Gasteiger partial charge in [0.15, 0.2) is 0 Å². The Morgan fingerprint density at radius 3 is 2.45 bits per heavy atom. The minimum absolute atomic E-state index is 0.332. The highest BCUT2D eigenvalue weighted by atomic mass is 16.5. The van der Waals surface area contributed by atoms with Crippen LogP contribution in [0.5, 0.6) is 0 Å². The van der Waals surface area contributed by atoms with Crippen LogP contribution in [0.1, 0.15) is 12.5 Å². The number of aryl methyl sites for hydroxylation is 1. The van der Waals surface area contributed by atoms with Crippen LogP contribution in [0.3, 0.4) is 0 Å². The van der Waals surface area contributed by atoms with Crippen molar-refractivity contribution in [2.45, 2.75) is 13.3 Å². The first-order valence-corrected chi connectivity index (χ1v) is 11.9. The first-order chi connectivity index (χ1) is 16.2. The lowest BCUT2D eigenvalue weighted by Gasteiger charge is -2.37. The van der Waals surface area contributed by atoms with Crippen molar-refractivity contribution in [3.05, 3.63) is 52.5 Å². The van der Waals surface area contributed by atoms with E-state index in [0.29, 0.717) is 16.8 Å². The van der Waals surface area contributed by atoms with Crippen molar-refractivity contribution in [2.75, 3.05) is 70.5 Å². The van der Waals surface area contributed by atoms with Gasteiger partial charge in [-0.05, 0) is 30.2 Å². The summed E-state index contributed by atoms with van der Waals surface area (Å²) >= 11 is 0. The van der Waals surface area contributed by atoms with Crippen molar-refractivity contribution in [3.8, 4) is 11.5 Å². The normalized spacial score (nSPS) is 18.2. The summed E-state index contributed by atoms with van der Waals surface area (Å²) < 4.78 is 11.2. The van der Waals surface area contributed by atoms with Crippen LogP contribution >= 0.6 is 0 Å². The number of rotatable bonds is 6.